The Morgan fingerprint density at radius 2 is 1.24 bits per heavy atom. The summed E-state index contributed by atoms with van der Waals surface area (Å²) in [4.78, 5) is 147. The van der Waals surface area contributed by atoms with Crippen molar-refractivity contribution >= 4 is 72.8 Å². The molecule has 1 saturated heterocycles. The molecular formula is C60H94N9O19P. The Kier molecular flexibility index (Phi) is 30.9. The molecule has 28 nitrogen and oxygen atoms in total. The van der Waals surface area contributed by atoms with Crippen molar-refractivity contribution in [3.05, 3.63) is 65.7 Å². The largest absolute Gasteiger partial charge is 0.481 e. The van der Waals surface area contributed by atoms with Crippen molar-refractivity contribution < 1.29 is 91.2 Å². The summed E-state index contributed by atoms with van der Waals surface area (Å²) in [7, 11) is 4.54. The summed E-state index contributed by atoms with van der Waals surface area (Å²) in [5.41, 5.74) is 0.752. The van der Waals surface area contributed by atoms with Crippen LogP contribution in [0.4, 0.5) is 5.69 Å². The number of ether oxygens (including phenoxy) is 2. The molecule has 0 radical (unpaired) electrons. The zero-order valence-electron chi connectivity index (χ0n) is 53.4. The summed E-state index contributed by atoms with van der Waals surface area (Å²) >= 11 is 0. The van der Waals surface area contributed by atoms with Gasteiger partial charge in [0.25, 0.3) is 0 Å². The predicted molar refractivity (Wildman–Crippen MR) is 326 cm³/mol. The average Bonchev–Trinajstić information content (AvgIpc) is 2.42. The number of hydrogen-bond acceptors (Lipinski definition) is 17. The molecule has 0 spiro atoms. The number of rotatable bonds is 38. The quantitative estimate of drug-likeness (QED) is 0.0432. The summed E-state index contributed by atoms with van der Waals surface area (Å²) in [5, 5.41) is 43.1. The highest BCUT2D eigenvalue weighted by Gasteiger charge is 2.44. The Hall–Kier alpha value is -6.91. The van der Waals surface area contributed by atoms with E-state index in [1.54, 1.807) is 61.0 Å². The van der Waals surface area contributed by atoms with Gasteiger partial charge in [0.15, 0.2) is 0 Å². The number of anilines is 1. The summed E-state index contributed by atoms with van der Waals surface area (Å²) in [6.45, 7) is 14.7. The maximum absolute atomic E-state index is 14.5. The van der Waals surface area contributed by atoms with Gasteiger partial charge in [0.2, 0.25) is 41.4 Å². The molecule has 1 fully saturated rings. The number of carboxylic acid groups (broad SMARTS) is 3. The molecule has 0 aromatic heterocycles. The average molecular weight is 1280 g/mol. The molecule has 3 rings (SSSR count). The molecule has 7 amide bonds. The Labute approximate surface area is 520 Å². The minimum Gasteiger partial charge on any atom is -0.481 e. The number of carbonyl (C=O) groups is 10. The van der Waals surface area contributed by atoms with Gasteiger partial charge in [-0.1, -0.05) is 97.4 Å². The number of likely N-dealkylation sites (tertiary alicyclic amines) is 1. The lowest BCUT2D eigenvalue weighted by atomic mass is 9.89. The lowest BCUT2D eigenvalue weighted by Crippen LogP contribution is -2.59. The molecule has 2 aromatic carbocycles. The topological polar surface area (TPSA) is 388 Å². The fraction of sp³-hybridized carbons (Fsp3) is 0.633. The number of phosphoric acid groups is 1. The molecule has 0 bridgehead atoms. The van der Waals surface area contributed by atoms with Crippen LogP contribution in [0.1, 0.15) is 118 Å². The number of methoxy groups -OCH3 is 2. The van der Waals surface area contributed by atoms with Crippen LogP contribution in [-0.4, -0.2) is 204 Å². The normalized spacial score (nSPS) is 18.1. The molecule has 14 atom stereocenters. The molecule has 1 aliphatic heterocycles. The second kappa shape index (κ2) is 36.1. The molecular weight excluding hydrogens is 1180 g/mol. The van der Waals surface area contributed by atoms with Crippen molar-refractivity contribution in [2.24, 2.45) is 23.7 Å². The van der Waals surface area contributed by atoms with Crippen molar-refractivity contribution in [3.8, 4) is 0 Å². The predicted octanol–water partition coefficient (Wildman–Crippen LogP) is 3.13. The van der Waals surface area contributed by atoms with E-state index in [2.05, 4.69) is 31.9 Å². The number of hydrogen-bond donors (Lipinski definition) is 10. The molecule has 10 N–H and O–H groups in total. The van der Waals surface area contributed by atoms with Gasteiger partial charge >= 0.3 is 25.7 Å². The number of phosphoric ester groups is 1. The van der Waals surface area contributed by atoms with Gasteiger partial charge in [-0.3, -0.25) is 61.9 Å². The van der Waals surface area contributed by atoms with E-state index >= 15 is 0 Å². The number of amides is 7. The van der Waals surface area contributed by atoms with E-state index in [9.17, 15) is 67.6 Å². The van der Waals surface area contributed by atoms with Crippen LogP contribution in [0.5, 0.6) is 0 Å². The third-order valence-electron chi connectivity index (χ3n) is 15.8. The van der Waals surface area contributed by atoms with E-state index in [0.29, 0.717) is 31.4 Å². The number of nitrogens with zero attached hydrogens (tertiary/aromatic N) is 3. The van der Waals surface area contributed by atoms with E-state index in [1.807, 2.05) is 60.5 Å². The van der Waals surface area contributed by atoms with E-state index in [4.69, 9.17) is 23.6 Å². The Morgan fingerprint density at radius 3 is 1.73 bits per heavy atom. The van der Waals surface area contributed by atoms with Crippen LogP contribution < -0.4 is 31.9 Å². The summed E-state index contributed by atoms with van der Waals surface area (Å²) in [5.74, 6) is -10.5. The highest BCUT2D eigenvalue weighted by molar-refractivity contribution is 7.47. The van der Waals surface area contributed by atoms with Gasteiger partial charge in [0.1, 0.15) is 24.2 Å². The monoisotopic (exact) mass is 1280 g/mol. The van der Waals surface area contributed by atoms with E-state index in [0.717, 1.165) is 0 Å². The maximum Gasteiger partial charge on any atom is 0.473 e. The summed E-state index contributed by atoms with van der Waals surface area (Å²) < 4.78 is 37.0. The third-order valence-corrected chi connectivity index (χ3v) is 16.8. The number of likely N-dealkylation sites (N-methyl/N-ethyl adjacent to an activating group) is 3. The molecule has 0 aliphatic carbocycles. The van der Waals surface area contributed by atoms with Crippen LogP contribution in [0, 0.1) is 23.7 Å². The van der Waals surface area contributed by atoms with Crippen LogP contribution in [-0.2, 0) is 77.6 Å². The Balaban J connectivity index is 1.75. The molecule has 2 aromatic rings. The smallest absolute Gasteiger partial charge is 0.473 e. The summed E-state index contributed by atoms with van der Waals surface area (Å²) in [6.07, 6.45) is -3.88. The number of benzene rings is 2. The molecule has 1 heterocycles. The lowest BCUT2D eigenvalue weighted by Gasteiger charge is -2.41. The zero-order valence-corrected chi connectivity index (χ0v) is 54.3. The van der Waals surface area contributed by atoms with Crippen LogP contribution in [0.3, 0.4) is 0 Å². The minimum absolute atomic E-state index is 0.0222. The second-order valence-electron chi connectivity index (χ2n) is 23.4. The van der Waals surface area contributed by atoms with Crippen LogP contribution in [0.2, 0.25) is 0 Å². The van der Waals surface area contributed by atoms with Crippen molar-refractivity contribution in [1.29, 1.82) is 0 Å². The molecule has 29 heteroatoms. The van der Waals surface area contributed by atoms with E-state index < -0.39 is 148 Å². The fourth-order valence-electron chi connectivity index (χ4n) is 11.0. The maximum atomic E-state index is 14.5. The highest BCUT2D eigenvalue weighted by atomic mass is 31.2. The first kappa shape index (κ1) is 76.3. The number of carbonyl (C=O) groups excluding carboxylic acids is 7. The highest BCUT2D eigenvalue weighted by Crippen LogP contribution is 2.49. The molecule has 0 saturated carbocycles. The number of carboxylic acids is 3. The van der Waals surface area contributed by atoms with Crippen molar-refractivity contribution in [2.75, 3.05) is 54.3 Å². The SMILES string of the molecule is CC[C@H](C)[C@@H]([C@@H](CC(=O)N1CCC[C@H]1[C@H](OC)[C@@H](C)C(=O)N[C@H](C)[C@@H](OP(=O)(O)OCc1ccc(NC(=O)[C@H](CC(=O)O)NC(=O)[C@H](CC(=O)O)NC(=O)[C@H](CC(=O)O)NC)cc1)c1ccccc1)OC)N(C)C(=O)[C@@H](NC(=O)[C@H](C(C)C)N(C)C)C(C)C. The molecule has 498 valence electrons. The van der Waals surface area contributed by atoms with Crippen LogP contribution in [0.25, 0.3) is 0 Å². The van der Waals surface area contributed by atoms with Gasteiger partial charge in [-0.2, -0.15) is 0 Å². The van der Waals surface area contributed by atoms with Crippen molar-refractivity contribution in [3.63, 3.8) is 0 Å². The lowest BCUT2D eigenvalue weighted by molar-refractivity contribution is -0.148. The fourth-order valence-corrected chi connectivity index (χ4v) is 11.9. The van der Waals surface area contributed by atoms with Gasteiger partial charge in [-0.15, -0.1) is 0 Å². The Bertz CT molecular complexity index is 2750. The first-order valence-corrected chi connectivity index (χ1v) is 31.1. The number of aliphatic carboxylic acids is 3. The first-order chi connectivity index (χ1) is 41.7. The second-order valence-corrected chi connectivity index (χ2v) is 24.8. The Morgan fingerprint density at radius 1 is 0.685 bits per heavy atom. The molecule has 89 heavy (non-hydrogen) atoms. The third kappa shape index (κ3) is 23.1. The first-order valence-electron chi connectivity index (χ1n) is 29.6. The van der Waals surface area contributed by atoms with E-state index in [-0.39, 0.29) is 53.1 Å². The van der Waals surface area contributed by atoms with Gasteiger partial charge in [0, 0.05) is 33.5 Å². The van der Waals surface area contributed by atoms with Crippen molar-refractivity contribution in [1.82, 2.24) is 41.3 Å². The van der Waals surface area contributed by atoms with Crippen LogP contribution in [0.15, 0.2) is 54.6 Å². The van der Waals surface area contributed by atoms with Crippen LogP contribution >= 0.6 is 7.82 Å². The summed E-state index contributed by atoms with van der Waals surface area (Å²) in [6, 6.07) is 5.34. The van der Waals surface area contributed by atoms with Crippen molar-refractivity contribution in [2.45, 2.75) is 174 Å². The van der Waals surface area contributed by atoms with Gasteiger partial charge in [-0.25, -0.2) is 4.57 Å². The molecule has 1 aliphatic rings. The minimum atomic E-state index is -4.97. The van der Waals surface area contributed by atoms with Gasteiger partial charge < -0.3 is 71.4 Å². The van der Waals surface area contributed by atoms with Gasteiger partial charge in [0.05, 0.1) is 80.6 Å². The zero-order chi connectivity index (χ0) is 67.2. The standard InChI is InChI=1S/C60H94N9O19P/c1-15-35(6)52(68(12)60(82)50(33(2)3)66-59(81)51(34(4)5)67(10)11)45(85-13)31-46(70)69-27-19-22-44(69)53(86-14)36(7)55(77)62-37(8)54(39-20-17-16-18-21-39)88-89(83,84)87-32-38-23-25-40(26-24-38)63-57(79)42(29-48(73)74)65-58(80)43(30-49(75)76)64-56(78)41(61-9)28-47(71)72/h16-18,20-21,23-26,33-37,41-45,50-54,61H,15,19,22,27-32H2,1-14H3,(H,62,77)(H,63,79)(H,64,78)(H,65,80)(H,66,81)(H,71,72)(H,73,74)(H,75,76)(H,83,84)/t35-,36+,37+,41-,42-,43-,44-,45+,50-,51-,52-,53+,54+/m0/s1. The van der Waals surface area contributed by atoms with E-state index in [1.165, 1.54) is 45.5 Å². The number of nitrogens with one attached hydrogen (secondary N) is 6. The molecule has 1 unspecified atom stereocenters. The van der Waals surface area contributed by atoms with Gasteiger partial charge in [-0.05, 0) is 81.9 Å².